The number of amides is 2. The molecule has 1 saturated heterocycles. The van der Waals surface area contributed by atoms with Gasteiger partial charge in [-0.3, -0.25) is 14.7 Å². The predicted octanol–water partition coefficient (Wildman–Crippen LogP) is 1.03. The van der Waals surface area contributed by atoms with Gasteiger partial charge >= 0.3 is 0 Å². The lowest BCUT2D eigenvalue weighted by atomic mass is 10.0. The Morgan fingerprint density at radius 3 is 2.86 bits per heavy atom. The van der Waals surface area contributed by atoms with E-state index in [0.29, 0.717) is 31.7 Å². The fraction of sp³-hybridized carbons (Fsp3) is 0.476. The summed E-state index contributed by atoms with van der Waals surface area (Å²) in [6, 6.07) is 7.65. The first kappa shape index (κ1) is 19.4. The molecule has 3 N–H and O–H groups in total. The second kappa shape index (κ2) is 8.65. The van der Waals surface area contributed by atoms with Gasteiger partial charge in [-0.1, -0.05) is 18.2 Å². The van der Waals surface area contributed by atoms with E-state index in [9.17, 15) is 9.59 Å². The molecule has 1 fully saturated rings. The van der Waals surface area contributed by atoms with Crippen LogP contribution in [0.15, 0.2) is 24.3 Å². The van der Waals surface area contributed by atoms with E-state index < -0.39 is 0 Å². The molecular weight excluding hydrogens is 370 g/mol. The van der Waals surface area contributed by atoms with E-state index in [4.69, 9.17) is 4.74 Å². The molecule has 0 bridgehead atoms. The number of hydrogen-bond donors (Lipinski definition) is 3. The number of nitrogens with one attached hydrogen (secondary N) is 3. The molecule has 2 aromatic rings. The number of H-pyrrole nitrogens is 1. The average molecular weight is 397 g/mol. The maximum Gasteiger partial charge on any atom is 0.272 e. The monoisotopic (exact) mass is 397 g/mol. The van der Waals surface area contributed by atoms with Crippen LogP contribution in [0.4, 0.5) is 0 Å². The lowest BCUT2D eigenvalue weighted by molar-refractivity contribution is -0.131. The van der Waals surface area contributed by atoms with Crippen molar-refractivity contribution in [3.8, 4) is 5.75 Å². The molecule has 2 aliphatic heterocycles. The van der Waals surface area contributed by atoms with E-state index in [1.54, 1.807) is 7.11 Å². The summed E-state index contributed by atoms with van der Waals surface area (Å²) in [4.78, 5) is 27.2. The highest BCUT2D eigenvalue weighted by Gasteiger charge is 2.27. The van der Waals surface area contributed by atoms with Gasteiger partial charge in [0.15, 0.2) is 5.69 Å². The van der Waals surface area contributed by atoms with Gasteiger partial charge in [-0.2, -0.15) is 5.10 Å². The fourth-order valence-electron chi connectivity index (χ4n) is 4.06. The summed E-state index contributed by atoms with van der Waals surface area (Å²) < 4.78 is 5.34. The smallest absolute Gasteiger partial charge is 0.272 e. The molecule has 2 amide bonds. The van der Waals surface area contributed by atoms with E-state index in [1.165, 1.54) is 0 Å². The van der Waals surface area contributed by atoms with Crippen LogP contribution in [0.3, 0.4) is 0 Å². The Balaban J connectivity index is 1.30. The van der Waals surface area contributed by atoms with E-state index in [2.05, 4.69) is 20.8 Å². The first-order chi connectivity index (χ1) is 14.2. The molecule has 0 aliphatic carbocycles. The highest BCUT2D eigenvalue weighted by molar-refractivity contribution is 5.94. The van der Waals surface area contributed by atoms with Gasteiger partial charge < -0.3 is 20.3 Å². The van der Waals surface area contributed by atoms with Crippen molar-refractivity contribution in [2.24, 2.45) is 0 Å². The normalized spacial score (nSPS) is 16.9. The molecule has 8 heteroatoms. The van der Waals surface area contributed by atoms with Crippen molar-refractivity contribution < 1.29 is 14.3 Å². The van der Waals surface area contributed by atoms with Crippen LogP contribution in [0, 0.1) is 0 Å². The van der Waals surface area contributed by atoms with Gasteiger partial charge in [0.1, 0.15) is 5.75 Å². The maximum absolute atomic E-state index is 12.7. The molecule has 1 aromatic carbocycles. The number of benzene rings is 1. The average Bonchev–Trinajstić information content (AvgIpc) is 3.19. The predicted molar refractivity (Wildman–Crippen MR) is 108 cm³/mol. The van der Waals surface area contributed by atoms with Crippen molar-refractivity contribution in [1.82, 2.24) is 25.7 Å². The summed E-state index contributed by atoms with van der Waals surface area (Å²) >= 11 is 0. The van der Waals surface area contributed by atoms with E-state index in [-0.39, 0.29) is 17.9 Å². The third-order valence-corrected chi connectivity index (χ3v) is 5.74. The molecule has 3 heterocycles. The molecule has 154 valence electrons. The minimum absolute atomic E-state index is 0.0571. The summed E-state index contributed by atoms with van der Waals surface area (Å²) in [5.74, 6) is 0.691. The number of piperidine rings is 1. The summed E-state index contributed by atoms with van der Waals surface area (Å²) in [6.45, 7) is 2.85. The number of aromatic nitrogens is 2. The van der Waals surface area contributed by atoms with Crippen molar-refractivity contribution in [2.45, 2.75) is 38.3 Å². The number of carbonyl (C=O) groups excluding carboxylic acids is 2. The molecule has 0 radical (unpaired) electrons. The van der Waals surface area contributed by atoms with Gasteiger partial charge in [-0.05, 0) is 18.9 Å². The Morgan fingerprint density at radius 1 is 1.28 bits per heavy atom. The molecule has 29 heavy (non-hydrogen) atoms. The molecule has 8 nitrogen and oxygen atoms in total. The minimum atomic E-state index is -0.134. The van der Waals surface area contributed by atoms with Gasteiger partial charge in [0.25, 0.3) is 5.91 Å². The van der Waals surface area contributed by atoms with Crippen LogP contribution in [0.1, 0.15) is 40.2 Å². The van der Waals surface area contributed by atoms with E-state index >= 15 is 0 Å². The summed E-state index contributed by atoms with van der Waals surface area (Å²) in [5.41, 5.74) is 3.40. The summed E-state index contributed by atoms with van der Waals surface area (Å²) in [7, 11) is 1.62. The second-order valence-electron chi connectivity index (χ2n) is 7.57. The fourth-order valence-corrected chi connectivity index (χ4v) is 4.06. The molecule has 1 aromatic heterocycles. The SMILES string of the molecule is COc1ccccc1CC(=O)N1CCC(NC(=O)c2n[nH]c3c2CNCC3)CC1. The van der Waals surface area contributed by atoms with Crippen LogP contribution in [0.5, 0.6) is 5.75 Å². The van der Waals surface area contributed by atoms with Crippen LogP contribution < -0.4 is 15.4 Å². The van der Waals surface area contributed by atoms with Crippen molar-refractivity contribution in [3.63, 3.8) is 0 Å². The summed E-state index contributed by atoms with van der Waals surface area (Å²) in [6.07, 6.45) is 2.68. The number of carbonyl (C=O) groups is 2. The van der Waals surface area contributed by atoms with Crippen molar-refractivity contribution in [2.75, 3.05) is 26.7 Å². The highest BCUT2D eigenvalue weighted by Crippen LogP contribution is 2.20. The third kappa shape index (κ3) is 4.27. The molecule has 4 rings (SSSR count). The van der Waals surface area contributed by atoms with Crippen molar-refractivity contribution >= 4 is 11.8 Å². The zero-order valence-electron chi connectivity index (χ0n) is 16.7. The molecule has 0 atom stereocenters. The highest BCUT2D eigenvalue weighted by atomic mass is 16.5. The van der Waals surface area contributed by atoms with E-state index in [1.807, 2.05) is 29.2 Å². The number of methoxy groups -OCH3 is 1. The molecule has 0 spiro atoms. The maximum atomic E-state index is 12.7. The van der Waals surface area contributed by atoms with Crippen molar-refractivity contribution in [3.05, 3.63) is 46.8 Å². The number of ether oxygens (including phenoxy) is 1. The zero-order chi connectivity index (χ0) is 20.2. The number of para-hydroxylation sites is 1. The van der Waals surface area contributed by atoms with Crippen LogP contribution in [0.25, 0.3) is 0 Å². The van der Waals surface area contributed by atoms with Gasteiger partial charge in [-0.25, -0.2) is 0 Å². The second-order valence-corrected chi connectivity index (χ2v) is 7.57. The Kier molecular flexibility index (Phi) is 5.80. The Morgan fingerprint density at radius 2 is 2.07 bits per heavy atom. The minimum Gasteiger partial charge on any atom is -0.496 e. The van der Waals surface area contributed by atoms with Crippen LogP contribution in [-0.2, 0) is 24.2 Å². The first-order valence-corrected chi connectivity index (χ1v) is 10.1. The number of aromatic amines is 1. The quantitative estimate of drug-likeness (QED) is 0.700. The lowest BCUT2D eigenvalue weighted by Gasteiger charge is -2.32. The van der Waals surface area contributed by atoms with Crippen LogP contribution in [0.2, 0.25) is 0 Å². The number of fused-ring (bicyclic) bond motifs is 1. The van der Waals surface area contributed by atoms with Crippen LogP contribution >= 0.6 is 0 Å². The number of hydrogen-bond acceptors (Lipinski definition) is 5. The van der Waals surface area contributed by atoms with Crippen LogP contribution in [-0.4, -0.2) is 59.7 Å². The number of nitrogens with zero attached hydrogens (tertiary/aromatic N) is 2. The van der Waals surface area contributed by atoms with Crippen molar-refractivity contribution in [1.29, 1.82) is 0 Å². The van der Waals surface area contributed by atoms with Gasteiger partial charge in [0.2, 0.25) is 5.91 Å². The molecule has 0 unspecified atom stereocenters. The standard InChI is InChI=1S/C21H27N5O3/c1-29-18-5-3-2-4-14(18)12-19(27)26-10-7-15(8-11-26)23-21(28)20-16-13-22-9-6-17(16)24-25-20/h2-5,15,22H,6-13H2,1H3,(H,23,28)(H,24,25). The van der Waals surface area contributed by atoms with E-state index in [0.717, 1.165) is 48.4 Å². The Hall–Kier alpha value is -2.87. The zero-order valence-corrected chi connectivity index (χ0v) is 16.7. The molecule has 0 saturated carbocycles. The van der Waals surface area contributed by atoms with Gasteiger partial charge in [0, 0.05) is 55.5 Å². The largest absolute Gasteiger partial charge is 0.496 e. The Labute approximate surface area is 170 Å². The molecular formula is C21H27N5O3. The van der Waals surface area contributed by atoms with Gasteiger partial charge in [0.05, 0.1) is 13.5 Å². The van der Waals surface area contributed by atoms with Gasteiger partial charge in [-0.15, -0.1) is 0 Å². The number of rotatable bonds is 5. The number of likely N-dealkylation sites (tertiary alicyclic amines) is 1. The summed E-state index contributed by atoms with van der Waals surface area (Å²) in [5, 5.41) is 13.6. The molecule has 2 aliphatic rings. The lowest BCUT2D eigenvalue weighted by Crippen LogP contribution is -2.47. The first-order valence-electron chi connectivity index (χ1n) is 10.1. The Bertz CT molecular complexity index is 886. The third-order valence-electron chi connectivity index (χ3n) is 5.74. The topological polar surface area (TPSA) is 99.3 Å².